The molecule has 7 nitrogen and oxygen atoms in total. The third kappa shape index (κ3) is 3.47. The Balaban J connectivity index is 1.33. The number of hydrogen-bond donors (Lipinski definition) is 0. The van der Waals surface area contributed by atoms with Crippen LogP contribution in [0.4, 0.5) is 4.39 Å². The zero-order chi connectivity index (χ0) is 20.7. The summed E-state index contributed by atoms with van der Waals surface area (Å²) in [4.78, 5) is 14.6. The van der Waals surface area contributed by atoms with Gasteiger partial charge in [-0.05, 0) is 49.2 Å². The van der Waals surface area contributed by atoms with Gasteiger partial charge < -0.3 is 18.8 Å². The number of benzene rings is 2. The fraction of sp³-hybridized carbons (Fsp3) is 0.286. The summed E-state index contributed by atoms with van der Waals surface area (Å²) in [6.07, 6.45) is 1.61. The molecule has 0 N–H and O–H groups in total. The van der Waals surface area contributed by atoms with Gasteiger partial charge in [0.2, 0.25) is 18.6 Å². The maximum absolute atomic E-state index is 13.3. The second-order valence-corrected chi connectivity index (χ2v) is 7.64. The van der Waals surface area contributed by atoms with Crippen molar-refractivity contribution in [3.63, 3.8) is 0 Å². The number of fused-ring (bicyclic) bond motifs is 1. The first-order valence-electron chi connectivity index (χ1n) is 9.56. The molecule has 0 saturated carbocycles. The molecule has 0 bridgehead atoms. The minimum absolute atomic E-state index is 0.0859. The normalized spacial score (nSPS) is 17.9. The van der Waals surface area contributed by atoms with Gasteiger partial charge in [-0.15, -0.1) is 10.2 Å². The molecule has 1 fully saturated rings. The minimum atomic E-state index is -0.477. The lowest BCUT2D eigenvalue weighted by atomic mass is 9.97. The Labute approximate surface area is 176 Å². The van der Waals surface area contributed by atoms with Gasteiger partial charge in [0.25, 0.3) is 5.91 Å². The van der Waals surface area contributed by atoms with Gasteiger partial charge in [-0.1, -0.05) is 11.6 Å². The second kappa shape index (κ2) is 7.60. The van der Waals surface area contributed by atoms with E-state index >= 15 is 0 Å². The van der Waals surface area contributed by atoms with Crippen LogP contribution >= 0.6 is 11.6 Å². The standard InChI is InChI=1S/C21H17ClFN3O4/c22-16-9-14(23)4-5-15(16)21(27)26-7-1-2-13(10-26)20-25-24-19(30-20)12-3-6-17-18(8-12)29-11-28-17/h3-6,8-9,13H,1-2,7,10-11H2. The summed E-state index contributed by atoms with van der Waals surface area (Å²) in [5, 5.41) is 8.46. The van der Waals surface area contributed by atoms with Gasteiger partial charge in [0.15, 0.2) is 11.5 Å². The topological polar surface area (TPSA) is 77.7 Å². The third-order valence-corrected chi connectivity index (χ3v) is 5.59. The van der Waals surface area contributed by atoms with Crippen LogP contribution in [0.2, 0.25) is 5.02 Å². The molecule has 0 radical (unpaired) electrons. The largest absolute Gasteiger partial charge is 0.454 e. The van der Waals surface area contributed by atoms with Gasteiger partial charge in [0.1, 0.15) is 5.82 Å². The number of carbonyl (C=O) groups excluding carboxylic acids is 1. The van der Waals surface area contributed by atoms with Crippen molar-refractivity contribution in [3.8, 4) is 23.0 Å². The van der Waals surface area contributed by atoms with Crippen molar-refractivity contribution < 1.29 is 23.1 Å². The van der Waals surface area contributed by atoms with Crippen molar-refractivity contribution in [2.45, 2.75) is 18.8 Å². The van der Waals surface area contributed by atoms with E-state index in [-0.39, 0.29) is 29.2 Å². The molecule has 1 saturated heterocycles. The maximum Gasteiger partial charge on any atom is 0.255 e. The van der Waals surface area contributed by atoms with Crippen LogP contribution in [0.25, 0.3) is 11.5 Å². The number of ether oxygens (including phenoxy) is 2. The van der Waals surface area contributed by atoms with Crippen LogP contribution in [0.15, 0.2) is 40.8 Å². The van der Waals surface area contributed by atoms with E-state index in [1.165, 1.54) is 12.1 Å². The first-order valence-corrected chi connectivity index (χ1v) is 9.94. The van der Waals surface area contributed by atoms with Gasteiger partial charge in [-0.3, -0.25) is 4.79 Å². The van der Waals surface area contributed by atoms with Crippen LogP contribution in [0, 0.1) is 5.82 Å². The SMILES string of the molecule is O=C(c1ccc(F)cc1Cl)N1CCCC(c2nnc(-c3ccc4c(c3)OCO4)o2)C1. The molecule has 1 amide bonds. The summed E-state index contributed by atoms with van der Waals surface area (Å²) in [5.41, 5.74) is 1.02. The fourth-order valence-corrected chi connectivity index (χ4v) is 3.99. The van der Waals surface area contributed by atoms with E-state index in [0.717, 1.165) is 24.5 Å². The zero-order valence-corrected chi connectivity index (χ0v) is 16.6. The van der Waals surface area contributed by atoms with Crippen molar-refractivity contribution in [1.29, 1.82) is 0 Å². The monoisotopic (exact) mass is 429 g/mol. The average Bonchev–Trinajstić information content (AvgIpc) is 3.42. The summed E-state index contributed by atoms with van der Waals surface area (Å²) in [6.45, 7) is 1.21. The second-order valence-electron chi connectivity index (χ2n) is 7.23. The van der Waals surface area contributed by atoms with Gasteiger partial charge in [-0.2, -0.15) is 0 Å². The quantitative estimate of drug-likeness (QED) is 0.618. The number of amides is 1. The highest BCUT2D eigenvalue weighted by Gasteiger charge is 2.30. The first-order chi connectivity index (χ1) is 14.6. The molecule has 5 rings (SSSR count). The van der Waals surface area contributed by atoms with Crippen molar-refractivity contribution in [1.82, 2.24) is 15.1 Å². The molecule has 1 unspecified atom stereocenters. The van der Waals surface area contributed by atoms with Crippen LogP contribution in [-0.2, 0) is 0 Å². The number of likely N-dealkylation sites (tertiary alicyclic amines) is 1. The van der Waals surface area contributed by atoms with Crippen molar-refractivity contribution >= 4 is 17.5 Å². The number of piperidine rings is 1. The Morgan fingerprint density at radius 1 is 1.13 bits per heavy atom. The predicted molar refractivity (Wildman–Crippen MR) is 105 cm³/mol. The number of halogens is 2. The first kappa shape index (κ1) is 18.9. The van der Waals surface area contributed by atoms with Crippen molar-refractivity contribution in [2.75, 3.05) is 19.9 Å². The van der Waals surface area contributed by atoms with E-state index < -0.39 is 5.82 Å². The van der Waals surface area contributed by atoms with E-state index in [1.807, 2.05) is 6.07 Å². The molecule has 9 heteroatoms. The highest BCUT2D eigenvalue weighted by Crippen LogP contribution is 2.36. The molecule has 30 heavy (non-hydrogen) atoms. The molecular weight excluding hydrogens is 413 g/mol. The van der Waals surface area contributed by atoms with Gasteiger partial charge >= 0.3 is 0 Å². The number of hydrogen-bond acceptors (Lipinski definition) is 6. The lowest BCUT2D eigenvalue weighted by molar-refractivity contribution is 0.0698. The molecule has 0 spiro atoms. The number of nitrogens with zero attached hydrogens (tertiary/aromatic N) is 3. The molecule has 1 atom stereocenters. The summed E-state index contributed by atoms with van der Waals surface area (Å²) >= 11 is 6.06. The van der Waals surface area contributed by atoms with Crippen LogP contribution in [0.5, 0.6) is 11.5 Å². The molecule has 3 heterocycles. The molecule has 2 aliphatic heterocycles. The van der Waals surface area contributed by atoms with E-state index in [2.05, 4.69) is 10.2 Å². The Hall–Kier alpha value is -3.13. The lowest BCUT2D eigenvalue weighted by Crippen LogP contribution is -2.39. The zero-order valence-electron chi connectivity index (χ0n) is 15.8. The van der Waals surface area contributed by atoms with Crippen molar-refractivity contribution in [3.05, 3.63) is 58.7 Å². The molecule has 1 aromatic heterocycles. The Morgan fingerprint density at radius 2 is 2.00 bits per heavy atom. The highest BCUT2D eigenvalue weighted by atomic mass is 35.5. The summed E-state index contributed by atoms with van der Waals surface area (Å²) in [5.74, 6) is 1.38. The number of rotatable bonds is 3. The fourth-order valence-electron chi connectivity index (χ4n) is 3.74. The minimum Gasteiger partial charge on any atom is -0.454 e. The number of carbonyl (C=O) groups is 1. The Kier molecular flexibility index (Phi) is 4.78. The summed E-state index contributed by atoms with van der Waals surface area (Å²) in [6, 6.07) is 9.22. The van der Waals surface area contributed by atoms with E-state index in [1.54, 1.807) is 17.0 Å². The smallest absolute Gasteiger partial charge is 0.255 e. The summed E-state index contributed by atoms with van der Waals surface area (Å²) in [7, 11) is 0. The molecule has 3 aromatic rings. The van der Waals surface area contributed by atoms with Crippen LogP contribution in [0.3, 0.4) is 0 Å². The van der Waals surface area contributed by atoms with E-state index in [9.17, 15) is 9.18 Å². The third-order valence-electron chi connectivity index (χ3n) is 5.28. The van der Waals surface area contributed by atoms with E-state index in [4.69, 9.17) is 25.5 Å². The molecule has 2 aromatic carbocycles. The van der Waals surface area contributed by atoms with Crippen LogP contribution in [0.1, 0.15) is 35.0 Å². The summed E-state index contributed by atoms with van der Waals surface area (Å²) < 4.78 is 29.9. The maximum atomic E-state index is 13.3. The Morgan fingerprint density at radius 3 is 2.87 bits per heavy atom. The predicted octanol–water partition coefficient (Wildman–Crippen LogP) is 4.28. The molecular formula is C21H17ClFN3O4. The van der Waals surface area contributed by atoms with Gasteiger partial charge in [-0.25, -0.2) is 4.39 Å². The average molecular weight is 430 g/mol. The highest BCUT2D eigenvalue weighted by molar-refractivity contribution is 6.33. The molecule has 2 aliphatic rings. The van der Waals surface area contributed by atoms with E-state index in [0.29, 0.717) is 36.4 Å². The van der Waals surface area contributed by atoms with Gasteiger partial charge in [0.05, 0.1) is 16.5 Å². The Bertz CT molecular complexity index is 1120. The van der Waals surface area contributed by atoms with Crippen LogP contribution < -0.4 is 9.47 Å². The van der Waals surface area contributed by atoms with Crippen LogP contribution in [-0.4, -0.2) is 40.9 Å². The van der Waals surface area contributed by atoms with Gasteiger partial charge in [0, 0.05) is 18.7 Å². The lowest BCUT2D eigenvalue weighted by Gasteiger charge is -2.31. The molecule has 0 aliphatic carbocycles. The molecule has 154 valence electrons. The number of aromatic nitrogens is 2. The van der Waals surface area contributed by atoms with Crippen molar-refractivity contribution in [2.24, 2.45) is 0 Å².